The summed E-state index contributed by atoms with van der Waals surface area (Å²) in [5, 5.41) is 8.04. The summed E-state index contributed by atoms with van der Waals surface area (Å²) in [6.07, 6.45) is 4.15. The van der Waals surface area contributed by atoms with Gasteiger partial charge in [-0.25, -0.2) is 0 Å². The van der Waals surface area contributed by atoms with E-state index in [2.05, 4.69) is 15.6 Å². The van der Waals surface area contributed by atoms with E-state index in [4.69, 9.17) is 27.9 Å². The van der Waals surface area contributed by atoms with Crippen LogP contribution in [0.5, 0.6) is 0 Å². The molecule has 2 N–H and O–H groups in total. The van der Waals surface area contributed by atoms with Crippen molar-refractivity contribution in [2.45, 2.75) is 44.1 Å². The fourth-order valence-corrected chi connectivity index (χ4v) is 3.48. The molecule has 2 aliphatic heterocycles. The standard InChI is InChI=1S/C15H19Cl2N3O/c1-18-15(20-13-7-11-4-5-14(13)21-11)19-8-9-2-3-10(16)6-12(9)17/h2-3,6,11,13-14H,4-5,7-8H2,1H3,(H2,18,19,20). The smallest absolute Gasteiger partial charge is 0.191 e. The lowest BCUT2D eigenvalue weighted by atomic mass is 9.96. The number of fused-ring (bicyclic) bond motifs is 2. The number of benzene rings is 1. The minimum atomic E-state index is 0.327. The van der Waals surface area contributed by atoms with Gasteiger partial charge in [0.2, 0.25) is 0 Å². The molecule has 2 saturated heterocycles. The Labute approximate surface area is 134 Å². The molecule has 0 radical (unpaired) electrons. The third-order valence-corrected chi connectivity index (χ3v) is 4.70. The first-order valence-corrected chi connectivity index (χ1v) is 7.98. The van der Waals surface area contributed by atoms with Gasteiger partial charge in [-0.2, -0.15) is 0 Å². The molecular formula is C15H19Cl2N3O. The second-order valence-corrected chi connectivity index (χ2v) is 6.37. The molecule has 3 rings (SSSR count). The van der Waals surface area contributed by atoms with Crippen molar-refractivity contribution in [3.8, 4) is 0 Å². The zero-order valence-corrected chi connectivity index (χ0v) is 13.4. The third-order valence-electron chi connectivity index (χ3n) is 4.11. The largest absolute Gasteiger partial charge is 0.373 e. The number of aliphatic imine (C=N–C) groups is 1. The molecule has 2 fully saturated rings. The van der Waals surface area contributed by atoms with Crippen LogP contribution in [0.2, 0.25) is 10.0 Å². The molecule has 4 nitrogen and oxygen atoms in total. The molecule has 0 saturated carbocycles. The van der Waals surface area contributed by atoms with Gasteiger partial charge in [0, 0.05) is 23.6 Å². The van der Waals surface area contributed by atoms with E-state index in [1.165, 1.54) is 6.42 Å². The fraction of sp³-hybridized carbons (Fsp3) is 0.533. The zero-order chi connectivity index (χ0) is 14.8. The van der Waals surface area contributed by atoms with Crippen LogP contribution in [0.15, 0.2) is 23.2 Å². The SMILES string of the molecule is CN=C(NCc1ccc(Cl)cc1Cl)NC1CC2CCC1O2. The van der Waals surface area contributed by atoms with E-state index in [9.17, 15) is 0 Å². The minimum absolute atomic E-state index is 0.327. The molecule has 0 spiro atoms. The van der Waals surface area contributed by atoms with Crippen LogP contribution in [0.3, 0.4) is 0 Å². The van der Waals surface area contributed by atoms with E-state index >= 15 is 0 Å². The van der Waals surface area contributed by atoms with Crippen molar-refractivity contribution in [1.82, 2.24) is 10.6 Å². The summed E-state index contributed by atoms with van der Waals surface area (Å²) in [5.74, 6) is 0.780. The highest BCUT2D eigenvalue weighted by molar-refractivity contribution is 6.35. The molecule has 2 bridgehead atoms. The van der Waals surface area contributed by atoms with Gasteiger partial charge >= 0.3 is 0 Å². The van der Waals surface area contributed by atoms with Crippen molar-refractivity contribution in [3.05, 3.63) is 33.8 Å². The summed E-state index contributed by atoms with van der Waals surface area (Å²) in [6.45, 7) is 0.608. The van der Waals surface area contributed by atoms with Gasteiger partial charge in [-0.3, -0.25) is 4.99 Å². The quantitative estimate of drug-likeness (QED) is 0.662. The lowest BCUT2D eigenvalue weighted by Crippen LogP contribution is -2.47. The summed E-state index contributed by atoms with van der Waals surface area (Å²) >= 11 is 12.1. The van der Waals surface area contributed by atoms with Crippen molar-refractivity contribution < 1.29 is 4.74 Å². The Morgan fingerprint density at radius 3 is 2.86 bits per heavy atom. The van der Waals surface area contributed by atoms with Crippen LogP contribution in [-0.2, 0) is 11.3 Å². The minimum Gasteiger partial charge on any atom is -0.373 e. The zero-order valence-electron chi connectivity index (χ0n) is 11.9. The Hall–Kier alpha value is -0.970. The number of hydrogen-bond acceptors (Lipinski definition) is 2. The topological polar surface area (TPSA) is 45.7 Å². The second kappa shape index (κ2) is 6.42. The molecule has 6 heteroatoms. The molecule has 0 aliphatic carbocycles. The van der Waals surface area contributed by atoms with Gasteiger partial charge in [-0.05, 0) is 37.0 Å². The molecule has 3 unspecified atom stereocenters. The molecule has 3 atom stereocenters. The number of guanidine groups is 1. The molecule has 0 aromatic heterocycles. The van der Waals surface area contributed by atoms with Gasteiger partial charge in [0.05, 0.1) is 18.2 Å². The Morgan fingerprint density at radius 2 is 2.24 bits per heavy atom. The predicted molar refractivity (Wildman–Crippen MR) is 86.1 cm³/mol. The third kappa shape index (κ3) is 3.44. The number of nitrogens with zero attached hydrogens (tertiary/aromatic N) is 1. The highest BCUT2D eigenvalue weighted by atomic mass is 35.5. The normalized spacial score (nSPS) is 28.0. The van der Waals surface area contributed by atoms with Gasteiger partial charge in [0.25, 0.3) is 0 Å². The van der Waals surface area contributed by atoms with E-state index in [-0.39, 0.29) is 0 Å². The summed E-state index contributed by atoms with van der Waals surface area (Å²) in [6, 6.07) is 5.87. The molecule has 2 heterocycles. The average molecular weight is 328 g/mol. The van der Waals surface area contributed by atoms with Crippen molar-refractivity contribution in [1.29, 1.82) is 0 Å². The van der Waals surface area contributed by atoms with Crippen LogP contribution in [0.1, 0.15) is 24.8 Å². The highest BCUT2D eigenvalue weighted by Crippen LogP contribution is 2.34. The maximum atomic E-state index is 6.17. The maximum Gasteiger partial charge on any atom is 0.191 e. The lowest BCUT2D eigenvalue weighted by Gasteiger charge is -2.22. The maximum absolute atomic E-state index is 6.17. The Morgan fingerprint density at radius 1 is 1.38 bits per heavy atom. The summed E-state index contributed by atoms with van der Waals surface area (Å²) in [7, 11) is 1.77. The molecule has 21 heavy (non-hydrogen) atoms. The number of rotatable bonds is 3. The first-order chi connectivity index (χ1) is 10.2. The number of ether oxygens (including phenoxy) is 1. The molecule has 2 aliphatic rings. The van der Waals surface area contributed by atoms with Crippen LogP contribution < -0.4 is 10.6 Å². The van der Waals surface area contributed by atoms with Crippen LogP contribution in [-0.4, -0.2) is 31.3 Å². The van der Waals surface area contributed by atoms with E-state index in [0.717, 1.165) is 24.4 Å². The molecular weight excluding hydrogens is 309 g/mol. The van der Waals surface area contributed by atoms with Crippen molar-refractivity contribution in [3.63, 3.8) is 0 Å². The average Bonchev–Trinajstić information content (AvgIpc) is 3.07. The molecule has 1 aromatic rings. The second-order valence-electron chi connectivity index (χ2n) is 5.52. The number of halogens is 2. The van der Waals surface area contributed by atoms with E-state index in [1.807, 2.05) is 12.1 Å². The van der Waals surface area contributed by atoms with E-state index < -0.39 is 0 Å². The van der Waals surface area contributed by atoms with Crippen LogP contribution in [0, 0.1) is 0 Å². The van der Waals surface area contributed by atoms with Gasteiger partial charge in [0.15, 0.2) is 5.96 Å². The summed E-state index contributed by atoms with van der Waals surface area (Å²) in [5.41, 5.74) is 0.994. The summed E-state index contributed by atoms with van der Waals surface area (Å²) in [4.78, 5) is 4.27. The van der Waals surface area contributed by atoms with Crippen molar-refractivity contribution in [2.24, 2.45) is 4.99 Å². The number of nitrogens with one attached hydrogen (secondary N) is 2. The lowest BCUT2D eigenvalue weighted by molar-refractivity contribution is 0.0992. The van der Waals surface area contributed by atoms with Crippen molar-refractivity contribution >= 4 is 29.2 Å². The number of hydrogen-bond donors (Lipinski definition) is 2. The van der Waals surface area contributed by atoms with E-state index in [0.29, 0.717) is 34.8 Å². The first kappa shape index (κ1) is 14.9. The van der Waals surface area contributed by atoms with Crippen molar-refractivity contribution in [2.75, 3.05) is 7.05 Å². The van der Waals surface area contributed by atoms with E-state index in [1.54, 1.807) is 13.1 Å². The Bertz CT molecular complexity index is 550. The van der Waals surface area contributed by atoms with Crippen LogP contribution in [0.25, 0.3) is 0 Å². The highest BCUT2D eigenvalue weighted by Gasteiger charge is 2.41. The van der Waals surface area contributed by atoms with Gasteiger partial charge < -0.3 is 15.4 Å². The fourth-order valence-electron chi connectivity index (χ4n) is 3.00. The van der Waals surface area contributed by atoms with Crippen LogP contribution >= 0.6 is 23.2 Å². The predicted octanol–water partition coefficient (Wildman–Crippen LogP) is 2.98. The Kier molecular flexibility index (Phi) is 4.57. The van der Waals surface area contributed by atoms with Crippen LogP contribution in [0.4, 0.5) is 0 Å². The summed E-state index contributed by atoms with van der Waals surface area (Å²) < 4.78 is 5.84. The Balaban J connectivity index is 1.55. The van der Waals surface area contributed by atoms with Gasteiger partial charge in [-0.1, -0.05) is 29.3 Å². The monoisotopic (exact) mass is 327 g/mol. The first-order valence-electron chi connectivity index (χ1n) is 7.22. The molecule has 0 amide bonds. The van der Waals surface area contributed by atoms with Gasteiger partial charge in [0.1, 0.15) is 0 Å². The van der Waals surface area contributed by atoms with Gasteiger partial charge in [-0.15, -0.1) is 0 Å². The molecule has 114 valence electrons. The molecule has 1 aromatic carbocycles.